The van der Waals surface area contributed by atoms with E-state index in [1.807, 2.05) is 13.8 Å². The van der Waals surface area contributed by atoms with Crippen LogP contribution in [0.3, 0.4) is 0 Å². The molecular formula is C12H16O5. The van der Waals surface area contributed by atoms with Crippen molar-refractivity contribution in [2.24, 2.45) is 0 Å². The molecule has 0 heterocycles. The standard InChI is InChI=1S/C8H6O4.C4H10O/c9-7(10)5-2-1-3-6(4-5)8(11)12;1-3-5-4-2/h1-4H,(H,9,10)(H,11,12);3-4H2,1-2H3. The summed E-state index contributed by atoms with van der Waals surface area (Å²) in [5, 5.41) is 17.0. The van der Waals surface area contributed by atoms with Gasteiger partial charge in [0, 0.05) is 13.2 Å². The lowest BCUT2D eigenvalue weighted by molar-refractivity contribution is 0.0696. The second kappa shape index (κ2) is 8.29. The third-order valence-electron chi connectivity index (χ3n) is 1.76. The first kappa shape index (κ1) is 15.1. The summed E-state index contributed by atoms with van der Waals surface area (Å²) in [5.41, 5.74) is -0.0372. The molecule has 0 unspecified atom stereocenters. The number of hydrogen-bond acceptors (Lipinski definition) is 3. The van der Waals surface area contributed by atoms with Crippen molar-refractivity contribution in [1.29, 1.82) is 0 Å². The number of aromatic carboxylic acids is 2. The van der Waals surface area contributed by atoms with E-state index in [9.17, 15) is 9.59 Å². The van der Waals surface area contributed by atoms with Crippen molar-refractivity contribution in [3.05, 3.63) is 35.4 Å². The molecule has 0 amide bonds. The number of carboxylic acid groups (broad SMARTS) is 2. The summed E-state index contributed by atoms with van der Waals surface area (Å²) >= 11 is 0. The normalized spacial score (nSPS) is 9.06. The van der Waals surface area contributed by atoms with Crippen LogP contribution in [0.15, 0.2) is 24.3 Å². The minimum Gasteiger partial charge on any atom is -0.478 e. The Balaban J connectivity index is 0.000000437. The molecule has 5 nitrogen and oxygen atoms in total. The lowest BCUT2D eigenvalue weighted by Crippen LogP contribution is -2.01. The van der Waals surface area contributed by atoms with Gasteiger partial charge in [-0.15, -0.1) is 0 Å². The molecular weight excluding hydrogens is 224 g/mol. The highest BCUT2D eigenvalue weighted by Gasteiger charge is 2.06. The Morgan fingerprint density at radius 3 is 1.71 bits per heavy atom. The first-order valence-corrected chi connectivity index (χ1v) is 5.17. The fourth-order valence-electron chi connectivity index (χ4n) is 0.989. The summed E-state index contributed by atoms with van der Waals surface area (Å²) in [6.07, 6.45) is 0. The van der Waals surface area contributed by atoms with E-state index >= 15 is 0 Å². The van der Waals surface area contributed by atoms with Crippen molar-refractivity contribution in [2.45, 2.75) is 13.8 Å². The van der Waals surface area contributed by atoms with E-state index in [1.165, 1.54) is 18.2 Å². The second-order valence-electron chi connectivity index (χ2n) is 2.97. The zero-order valence-electron chi connectivity index (χ0n) is 9.84. The largest absolute Gasteiger partial charge is 0.478 e. The van der Waals surface area contributed by atoms with Gasteiger partial charge in [0.15, 0.2) is 0 Å². The van der Waals surface area contributed by atoms with Crippen molar-refractivity contribution >= 4 is 11.9 Å². The smallest absolute Gasteiger partial charge is 0.335 e. The molecule has 1 rings (SSSR count). The van der Waals surface area contributed by atoms with Crippen molar-refractivity contribution < 1.29 is 24.5 Å². The molecule has 17 heavy (non-hydrogen) atoms. The Morgan fingerprint density at radius 1 is 1.06 bits per heavy atom. The fourth-order valence-corrected chi connectivity index (χ4v) is 0.989. The lowest BCUT2D eigenvalue weighted by Gasteiger charge is -1.95. The molecule has 0 aromatic heterocycles. The quantitative estimate of drug-likeness (QED) is 0.842. The Bertz CT molecular complexity index is 342. The van der Waals surface area contributed by atoms with E-state index in [2.05, 4.69) is 0 Å². The molecule has 0 radical (unpaired) electrons. The molecule has 2 N–H and O–H groups in total. The Hall–Kier alpha value is -1.88. The van der Waals surface area contributed by atoms with Gasteiger partial charge in [0.2, 0.25) is 0 Å². The van der Waals surface area contributed by atoms with Crippen LogP contribution in [0, 0.1) is 0 Å². The third kappa shape index (κ3) is 6.32. The first-order valence-electron chi connectivity index (χ1n) is 5.17. The molecule has 1 aromatic carbocycles. The molecule has 0 saturated carbocycles. The molecule has 0 aliphatic carbocycles. The summed E-state index contributed by atoms with van der Waals surface area (Å²) in [7, 11) is 0. The zero-order chi connectivity index (χ0) is 13.3. The van der Waals surface area contributed by atoms with Gasteiger partial charge < -0.3 is 14.9 Å². The predicted molar refractivity (Wildman–Crippen MR) is 62.5 cm³/mol. The minimum absolute atomic E-state index is 0.0186. The summed E-state index contributed by atoms with van der Waals surface area (Å²) in [6, 6.07) is 5.20. The van der Waals surface area contributed by atoms with Crippen LogP contribution in [0.5, 0.6) is 0 Å². The predicted octanol–water partition coefficient (Wildman–Crippen LogP) is 2.13. The van der Waals surface area contributed by atoms with Gasteiger partial charge in [-0.1, -0.05) is 6.07 Å². The molecule has 0 aliphatic rings. The highest BCUT2D eigenvalue weighted by molar-refractivity contribution is 5.93. The molecule has 5 heteroatoms. The molecule has 1 aromatic rings. The second-order valence-corrected chi connectivity index (χ2v) is 2.97. The van der Waals surface area contributed by atoms with Crippen molar-refractivity contribution in [1.82, 2.24) is 0 Å². The fraction of sp³-hybridized carbons (Fsp3) is 0.333. The van der Waals surface area contributed by atoms with Gasteiger partial charge in [-0.3, -0.25) is 0 Å². The molecule has 94 valence electrons. The van der Waals surface area contributed by atoms with E-state index in [1.54, 1.807) is 0 Å². The summed E-state index contributed by atoms with van der Waals surface area (Å²) in [4.78, 5) is 20.8. The summed E-state index contributed by atoms with van der Waals surface area (Å²) < 4.78 is 4.83. The molecule has 0 saturated heterocycles. The molecule has 0 bridgehead atoms. The van der Waals surface area contributed by atoms with Crippen LogP contribution in [0.2, 0.25) is 0 Å². The number of rotatable bonds is 4. The molecule has 0 spiro atoms. The van der Waals surface area contributed by atoms with E-state index in [4.69, 9.17) is 14.9 Å². The molecule has 0 aliphatic heterocycles. The molecule has 0 atom stereocenters. The SMILES string of the molecule is CCOCC.O=C(O)c1cccc(C(=O)O)c1. The highest BCUT2D eigenvalue weighted by Crippen LogP contribution is 2.04. The van der Waals surface area contributed by atoms with Gasteiger partial charge in [0.25, 0.3) is 0 Å². The van der Waals surface area contributed by atoms with Gasteiger partial charge >= 0.3 is 11.9 Å². The number of carboxylic acids is 2. The highest BCUT2D eigenvalue weighted by atomic mass is 16.5. The number of ether oxygens (including phenoxy) is 1. The average Bonchev–Trinajstić information content (AvgIpc) is 2.31. The van der Waals surface area contributed by atoms with E-state index in [-0.39, 0.29) is 11.1 Å². The zero-order valence-corrected chi connectivity index (χ0v) is 9.84. The van der Waals surface area contributed by atoms with Crippen molar-refractivity contribution in [3.8, 4) is 0 Å². The Labute approximate surface area is 99.7 Å². The van der Waals surface area contributed by atoms with Crippen LogP contribution in [0.1, 0.15) is 34.6 Å². The topological polar surface area (TPSA) is 83.8 Å². The average molecular weight is 240 g/mol. The first-order chi connectivity index (χ1) is 8.02. The number of benzene rings is 1. The van der Waals surface area contributed by atoms with E-state index in [0.717, 1.165) is 19.3 Å². The summed E-state index contributed by atoms with van der Waals surface area (Å²) in [6.45, 7) is 5.67. The van der Waals surface area contributed by atoms with Gasteiger partial charge in [0.1, 0.15) is 0 Å². The van der Waals surface area contributed by atoms with Crippen LogP contribution in [0.4, 0.5) is 0 Å². The van der Waals surface area contributed by atoms with Crippen LogP contribution in [0.25, 0.3) is 0 Å². The van der Waals surface area contributed by atoms with Gasteiger partial charge in [-0.25, -0.2) is 9.59 Å². The van der Waals surface area contributed by atoms with Crippen LogP contribution in [-0.2, 0) is 4.74 Å². The van der Waals surface area contributed by atoms with Gasteiger partial charge in [-0.2, -0.15) is 0 Å². The van der Waals surface area contributed by atoms with Crippen LogP contribution < -0.4 is 0 Å². The monoisotopic (exact) mass is 240 g/mol. The number of hydrogen-bond donors (Lipinski definition) is 2. The van der Waals surface area contributed by atoms with Crippen molar-refractivity contribution in [3.63, 3.8) is 0 Å². The Kier molecular flexibility index (Phi) is 7.38. The third-order valence-corrected chi connectivity index (χ3v) is 1.76. The van der Waals surface area contributed by atoms with Crippen molar-refractivity contribution in [2.75, 3.05) is 13.2 Å². The van der Waals surface area contributed by atoms with Gasteiger partial charge in [0.05, 0.1) is 11.1 Å². The van der Waals surface area contributed by atoms with E-state index in [0.29, 0.717) is 0 Å². The maximum Gasteiger partial charge on any atom is 0.335 e. The Morgan fingerprint density at radius 2 is 1.47 bits per heavy atom. The maximum absolute atomic E-state index is 10.4. The van der Waals surface area contributed by atoms with E-state index < -0.39 is 11.9 Å². The minimum atomic E-state index is -1.13. The maximum atomic E-state index is 10.4. The van der Waals surface area contributed by atoms with Crippen LogP contribution in [-0.4, -0.2) is 35.4 Å². The number of carbonyl (C=O) groups is 2. The summed E-state index contributed by atoms with van der Waals surface area (Å²) in [5.74, 6) is -2.25. The lowest BCUT2D eigenvalue weighted by atomic mass is 10.1. The van der Waals surface area contributed by atoms with Crippen LogP contribution >= 0.6 is 0 Å². The molecule has 0 fully saturated rings. The van der Waals surface area contributed by atoms with Gasteiger partial charge in [-0.05, 0) is 32.0 Å².